The minimum absolute atomic E-state index is 0.243. The molecule has 0 aliphatic heterocycles. The van der Waals surface area contributed by atoms with Crippen molar-refractivity contribution in [1.29, 1.82) is 0 Å². The van der Waals surface area contributed by atoms with Gasteiger partial charge in [-0.3, -0.25) is 0 Å². The van der Waals surface area contributed by atoms with E-state index in [2.05, 4.69) is 18.8 Å². The summed E-state index contributed by atoms with van der Waals surface area (Å²) in [7, 11) is 0. The second-order valence-corrected chi connectivity index (χ2v) is 8.87. The van der Waals surface area contributed by atoms with Crippen molar-refractivity contribution in [2.75, 3.05) is 0 Å². The maximum Gasteiger partial charge on any atom is 0.159 e. The van der Waals surface area contributed by atoms with Crippen LogP contribution in [-0.2, 0) is 6.42 Å². The van der Waals surface area contributed by atoms with Gasteiger partial charge in [0.15, 0.2) is 11.6 Å². The van der Waals surface area contributed by atoms with Crippen LogP contribution >= 0.6 is 0 Å². The molecule has 4 aromatic rings. The smallest absolute Gasteiger partial charge is 0.159 e. The quantitative estimate of drug-likeness (QED) is 0.137. The highest BCUT2D eigenvalue weighted by Gasteiger charge is 2.11. The van der Waals surface area contributed by atoms with E-state index in [1.165, 1.54) is 24.3 Å². The van der Waals surface area contributed by atoms with Crippen molar-refractivity contribution in [2.24, 2.45) is 0 Å². The molecule has 0 saturated carbocycles. The highest BCUT2D eigenvalue weighted by Crippen LogP contribution is 2.28. The van der Waals surface area contributed by atoms with Crippen molar-refractivity contribution >= 4 is 10.8 Å². The van der Waals surface area contributed by atoms with Gasteiger partial charge in [0.1, 0.15) is 17.5 Å². The van der Waals surface area contributed by atoms with Crippen molar-refractivity contribution in [2.45, 2.75) is 45.4 Å². The summed E-state index contributed by atoms with van der Waals surface area (Å²) in [4.78, 5) is 0. The first-order valence-electron chi connectivity index (χ1n) is 12.0. The van der Waals surface area contributed by atoms with Crippen LogP contribution in [-0.4, -0.2) is 0 Å². The molecule has 0 aliphatic rings. The standard InChI is InChI=1S/C31H25F5/c1-2-3-4-5-6-7-21-15-28(33)26(29(34)16-21)13-9-20-8-12-25(27(32)14-20)23-11-10-22-18-30(35)31(36)19-24(22)17-23/h8,10-12,14-19H,2-7H2,1H3. The lowest BCUT2D eigenvalue weighted by Crippen LogP contribution is -1.96. The van der Waals surface area contributed by atoms with Crippen LogP contribution in [0.2, 0.25) is 0 Å². The van der Waals surface area contributed by atoms with Crippen LogP contribution in [0.5, 0.6) is 0 Å². The maximum absolute atomic E-state index is 14.9. The number of hydrogen-bond donors (Lipinski definition) is 0. The van der Waals surface area contributed by atoms with Crippen LogP contribution in [0.15, 0.2) is 60.7 Å². The lowest BCUT2D eigenvalue weighted by molar-refractivity contribution is 0.511. The third kappa shape index (κ3) is 5.94. The summed E-state index contributed by atoms with van der Waals surface area (Å²) in [6, 6.07) is 13.7. The van der Waals surface area contributed by atoms with Gasteiger partial charge in [-0.25, -0.2) is 22.0 Å². The molecule has 5 heteroatoms. The Balaban J connectivity index is 1.52. The van der Waals surface area contributed by atoms with E-state index in [0.29, 0.717) is 28.3 Å². The van der Waals surface area contributed by atoms with E-state index < -0.39 is 29.1 Å². The SMILES string of the molecule is CCCCCCCc1cc(F)c(C#Cc2ccc(-c3ccc4cc(F)c(F)cc4c3)c(F)c2)c(F)c1. The zero-order chi connectivity index (χ0) is 25.7. The average molecular weight is 493 g/mol. The van der Waals surface area contributed by atoms with Gasteiger partial charge in [0, 0.05) is 11.1 Å². The maximum atomic E-state index is 14.9. The van der Waals surface area contributed by atoms with Gasteiger partial charge in [-0.2, -0.15) is 0 Å². The second kappa shape index (κ2) is 11.4. The van der Waals surface area contributed by atoms with E-state index >= 15 is 0 Å². The number of hydrogen-bond acceptors (Lipinski definition) is 0. The molecule has 0 aliphatic carbocycles. The van der Waals surface area contributed by atoms with Gasteiger partial charge in [-0.1, -0.05) is 62.6 Å². The molecule has 0 atom stereocenters. The first-order chi connectivity index (χ1) is 17.4. The third-order valence-corrected chi connectivity index (χ3v) is 6.16. The Morgan fingerprint density at radius 1 is 0.583 bits per heavy atom. The van der Waals surface area contributed by atoms with E-state index in [9.17, 15) is 22.0 Å². The predicted octanol–water partition coefficient (Wildman–Crippen LogP) is 9.11. The van der Waals surface area contributed by atoms with Gasteiger partial charge in [0.05, 0.1) is 5.56 Å². The fourth-order valence-electron chi connectivity index (χ4n) is 4.19. The minimum Gasteiger partial charge on any atom is -0.206 e. The molecular formula is C31H25F5. The minimum atomic E-state index is -0.981. The van der Waals surface area contributed by atoms with Gasteiger partial charge in [0.2, 0.25) is 0 Å². The highest BCUT2D eigenvalue weighted by atomic mass is 19.2. The predicted molar refractivity (Wildman–Crippen MR) is 134 cm³/mol. The number of unbranched alkanes of at least 4 members (excludes halogenated alkanes) is 4. The Morgan fingerprint density at radius 3 is 1.97 bits per heavy atom. The van der Waals surface area contributed by atoms with Crippen LogP contribution in [0.4, 0.5) is 22.0 Å². The second-order valence-electron chi connectivity index (χ2n) is 8.87. The molecule has 0 radical (unpaired) electrons. The monoisotopic (exact) mass is 492 g/mol. The largest absolute Gasteiger partial charge is 0.206 e. The van der Waals surface area contributed by atoms with Crippen LogP contribution < -0.4 is 0 Å². The first-order valence-corrected chi connectivity index (χ1v) is 12.0. The summed E-state index contributed by atoms with van der Waals surface area (Å²) < 4.78 is 70.9. The number of benzene rings is 4. The third-order valence-electron chi connectivity index (χ3n) is 6.16. The molecule has 0 nitrogen and oxygen atoms in total. The topological polar surface area (TPSA) is 0 Å². The van der Waals surface area contributed by atoms with Gasteiger partial charge in [-0.15, -0.1) is 0 Å². The van der Waals surface area contributed by atoms with Crippen molar-refractivity contribution in [3.05, 3.63) is 106 Å². The summed E-state index contributed by atoms with van der Waals surface area (Å²) in [5.74, 6) is 1.12. The van der Waals surface area contributed by atoms with Gasteiger partial charge in [0.25, 0.3) is 0 Å². The lowest BCUT2D eigenvalue weighted by Gasteiger charge is -2.07. The number of aryl methyl sites for hydroxylation is 1. The Kier molecular flexibility index (Phi) is 8.05. The van der Waals surface area contributed by atoms with Gasteiger partial charge in [-0.05, 0) is 77.2 Å². The summed E-state index contributed by atoms with van der Waals surface area (Å²) in [5.41, 5.74) is 1.23. The molecule has 0 unspecified atom stereocenters. The summed E-state index contributed by atoms with van der Waals surface area (Å²) in [5, 5.41) is 0.928. The molecule has 0 spiro atoms. The van der Waals surface area contributed by atoms with Crippen molar-refractivity contribution in [3.63, 3.8) is 0 Å². The van der Waals surface area contributed by atoms with E-state index in [1.807, 2.05) is 0 Å². The van der Waals surface area contributed by atoms with Crippen molar-refractivity contribution in [1.82, 2.24) is 0 Å². The Labute approximate surface area is 207 Å². The molecule has 0 heterocycles. The fraction of sp³-hybridized carbons (Fsp3) is 0.226. The molecule has 184 valence electrons. The molecule has 0 fully saturated rings. The lowest BCUT2D eigenvalue weighted by atomic mass is 9.99. The van der Waals surface area contributed by atoms with Gasteiger partial charge >= 0.3 is 0 Å². The number of halogens is 5. The van der Waals surface area contributed by atoms with E-state index in [-0.39, 0.29) is 16.7 Å². The molecular weight excluding hydrogens is 467 g/mol. The van der Waals surface area contributed by atoms with Crippen LogP contribution in [0.25, 0.3) is 21.9 Å². The number of fused-ring (bicyclic) bond motifs is 1. The molecule has 0 amide bonds. The normalized spacial score (nSPS) is 10.9. The highest BCUT2D eigenvalue weighted by molar-refractivity contribution is 5.87. The molecule has 0 aromatic heterocycles. The van der Waals surface area contributed by atoms with E-state index in [4.69, 9.17) is 0 Å². The molecule has 4 aromatic carbocycles. The Bertz CT molecular complexity index is 1440. The zero-order valence-electron chi connectivity index (χ0n) is 19.9. The summed E-state index contributed by atoms with van der Waals surface area (Å²) in [6.07, 6.45) is 5.90. The van der Waals surface area contributed by atoms with Crippen molar-refractivity contribution in [3.8, 4) is 23.0 Å². The van der Waals surface area contributed by atoms with Crippen LogP contribution in [0.1, 0.15) is 55.7 Å². The van der Waals surface area contributed by atoms with Crippen LogP contribution in [0, 0.1) is 40.9 Å². The van der Waals surface area contributed by atoms with Crippen LogP contribution in [0.3, 0.4) is 0 Å². The first kappa shape index (κ1) is 25.4. The van der Waals surface area contributed by atoms with Gasteiger partial charge < -0.3 is 0 Å². The summed E-state index contributed by atoms with van der Waals surface area (Å²) >= 11 is 0. The zero-order valence-corrected chi connectivity index (χ0v) is 19.9. The average Bonchev–Trinajstić information content (AvgIpc) is 2.84. The van der Waals surface area contributed by atoms with Crippen molar-refractivity contribution < 1.29 is 22.0 Å². The Morgan fingerprint density at radius 2 is 1.28 bits per heavy atom. The molecule has 4 rings (SSSR count). The Hall–Kier alpha value is -3.65. The summed E-state index contributed by atoms with van der Waals surface area (Å²) in [6.45, 7) is 2.13. The molecule has 0 bridgehead atoms. The molecule has 36 heavy (non-hydrogen) atoms. The molecule has 0 N–H and O–H groups in total. The molecule has 0 saturated heterocycles. The number of rotatable bonds is 7. The fourth-order valence-corrected chi connectivity index (χ4v) is 4.19. The van der Waals surface area contributed by atoms with E-state index in [1.54, 1.807) is 24.3 Å². The van der Waals surface area contributed by atoms with E-state index in [0.717, 1.165) is 44.2 Å².